The van der Waals surface area contributed by atoms with E-state index in [0.717, 1.165) is 4.31 Å². The fourth-order valence-electron chi connectivity index (χ4n) is 1.60. The molecule has 0 spiro atoms. The summed E-state index contributed by atoms with van der Waals surface area (Å²) in [7, 11) is -0.704. The largest absolute Gasteiger partial charge is 0.455 e. The first-order valence-corrected chi connectivity index (χ1v) is 7.50. The average molecular weight is 310 g/mol. The molecule has 0 aliphatic heterocycles. The lowest BCUT2D eigenvalue weighted by atomic mass is 10.3. The van der Waals surface area contributed by atoms with Gasteiger partial charge in [0.15, 0.2) is 5.75 Å². The van der Waals surface area contributed by atoms with Gasteiger partial charge in [0.05, 0.1) is 10.6 Å². The molecule has 0 fully saturated rings. The zero-order valence-electron chi connectivity index (χ0n) is 11.6. The lowest BCUT2D eigenvalue weighted by molar-refractivity contribution is 0.479. The zero-order chi connectivity index (χ0) is 15.6. The van der Waals surface area contributed by atoms with E-state index in [1.807, 2.05) is 0 Å². The van der Waals surface area contributed by atoms with E-state index in [4.69, 9.17) is 10.5 Å². The monoisotopic (exact) mass is 310 g/mol. The van der Waals surface area contributed by atoms with E-state index in [-0.39, 0.29) is 22.1 Å². The van der Waals surface area contributed by atoms with E-state index in [1.54, 1.807) is 0 Å². The predicted molar refractivity (Wildman–Crippen MR) is 78.2 cm³/mol. The lowest BCUT2D eigenvalue weighted by Gasteiger charge is -2.14. The molecule has 2 N–H and O–H groups in total. The maximum Gasteiger partial charge on any atom is 0.242 e. The van der Waals surface area contributed by atoms with Crippen LogP contribution in [0.25, 0.3) is 0 Å². The molecule has 0 atom stereocenters. The summed E-state index contributed by atoms with van der Waals surface area (Å²) < 4.78 is 43.6. The van der Waals surface area contributed by atoms with Crippen molar-refractivity contribution in [3.8, 4) is 11.5 Å². The van der Waals surface area contributed by atoms with Crippen LogP contribution < -0.4 is 10.5 Å². The molecular weight excluding hydrogens is 295 g/mol. The molecule has 0 aromatic heterocycles. The van der Waals surface area contributed by atoms with Crippen LogP contribution in [0.2, 0.25) is 0 Å². The van der Waals surface area contributed by atoms with Gasteiger partial charge in [0.25, 0.3) is 0 Å². The van der Waals surface area contributed by atoms with E-state index in [1.165, 1.54) is 56.6 Å². The molecule has 112 valence electrons. The van der Waals surface area contributed by atoms with E-state index < -0.39 is 10.0 Å². The molecular formula is C14H15FN2O3S. The second-order valence-corrected chi connectivity index (χ2v) is 6.69. The van der Waals surface area contributed by atoms with E-state index >= 15 is 0 Å². The smallest absolute Gasteiger partial charge is 0.242 e. The minimum atomic E-state index is -3.58. The van der Waals surface area contributed by atoms with Crippen molar-refractivity contribution in [3.05, 3.63) is 48.3 Å². The number of anilines is 1. The van der Waals surface area contributed by atoms with Gasteiger partial charge in [-0.25, -0.2) is 17.1 Å². The first-order chi connectivity index (χ1) is 9.80. The molecule has 2 aromatic carbocycles. The molecule has 0 aliphatic carbocycles. The number of nitrogens with zero attached hydrogens (tertiary/aromatic N) is 1. The van der Waals surface area contributed by atoms with Crippen LogP contribution in [0.5, 0.6) is 11.5 Å². The Morgan fingerprint density at radius 2 is 1.71 bits per heavy atom. The zero-order valence-corrected chi connectivity index (χ0v) is 12.4. The Morgan fingerprint density at radius 3 is 2.29 bits per heavy atom. The van der Waals surface area contributed by atoms with Crippen LogP contribution in [-0.2, 0) is 10.0 Å². The Labute approximate surface area is 122 Å². The Bertz CT molecular complexity index is 743. The molecule has 7 heteroatoms. The summed E-state index contributed by atoms with van der Waals surface area (Å²) in [5.41, 5.74) is 6.07. The minimum Gasteiger partial charge on any atom is -0.455 e. The fourth-order valence-corrected chi connectivity index (χ4v) is 2.52. The number of hydrogen-bond donors (Lipinski definition) is 1. The van der Waals surface area contributed by atoms with Crippen LogP contribution in [0.1, 0.15) is 0 Å². The van der Waals surface area contributed by atoms with Crippen LogP contribution in [-0.4, -0.2) is 26.8 Å². The van der Waals surface area contributed by atoms with Crippen molar-refractivity contribution in [1.82, 2.24) is 4.31 Å². The summed E-state index contributed by atoms with van der Waals surface area (Å²) in [4.78, 5) is 0.0683. The van der Waals surface area contributed by atoms with Crippen molar-refractivity contribution in [3.63, 3.8) is 0 Å². The Morgan fingerprint density at radius 1 is 1.10 bits per heavy atom. The number of nitrogens with two attached hydrogens (primary N) is 1. The number of ether oxygens (including phenoxy) is 1. The molecule has 0 bridgehead atoms. The molecule has 2 rings (SSSR count). The number of hydrogen-bond acceptors (Lipinski definition) is 4. The fraction of sp³-hybridized carbons (Fsp3) is 0.143. The molecule has 5 nitrogen and oxygen atoms in total. The van der Waals surface area contributed by atoms with Gasteiger partial charge in [0.2, 0.25) is 10.0 Å². The van der Waals surface area contributed by atoms with Crippen LogP contribution in [0.4, 0.5) is 10.1 Å². The van der Waals surface area contributed by atoms with Crippen molar-refractivity contribution >= 4 is 15.7 Å². The molecule has 21 heavy (non-hydrogen) atoms. The van der Waals surface area contributed by atoms with Gasteiger partial charge >= 0.3 is 0 Å². The Kier molecular flexibility index (Phi) is 4.15. The van der Waals surface area contributed by atoms with E-state index in [2.05, 4.69) is 0 Å². The molecule has 0 amide bonds. The first-order valence-electron chi connectivity index (χ1n) is 6.06. The van der Waals surface area contributed by atoms with Crippen molar-refractivity contribution in [2.45, 2.75) is 4.90 Å². The Balaban J connectivity index is 2.38. The highest BCUT2D eigenvalue weighted by atomic mass is 32.2. The molecule has 0 saturated heterocycles. The second kappa shape index (κ2) is 5.71. The topological polar surface area (TPSA) is 72.6 Å². The van der Waals surface area contributed by atoms with Crippen LogP contribution >= 0.6 is 0 Å². The molecule has 0 radical (unpaired) electrons. The van der Waals surface area contributed by atoms with Gasteiger partial charge in [0.1, 0.15) is 11.6 Å². The normalized spacial score (nSPS) is 11.6. The van der Waals surface area contributed by atoms with Gasteiger partial charge in [-0.2, -0.15) is 0 Å². The molecule has 2 aromatic rings. The summed E-state index contributed by atoms with van der Waals surface area (Å²) >= 11 is 0. The van der Waals surface area contributed by atoms with Gasteiger partial charge in [-0.05, 0) is 36.4 Å². The van der Waals surface area contributed by atoms with E-state index in [9.17, 15) is 12.8 Å². The molecule has 0 heterocycles. The highest BCUT2D eigenvalue weighted by Crippen LogP contribution is 2.30. The number of benzene rings is 2. The van der Waals surface area contributed by atoms with Crippen molar-refractivity contribution in [1.29, 1.82) is 0 Å². The third-order valence-corrected chi connectivity index (χ3v) is 4.62. The minimum absolute atomic E-state index is 0.0683. The van der Waals surface area contributed by atoms with Crippen molar-refractivity contribution in [2.75, 3.05) is 19.8 Å². The summed E-state index contributed by atoms with van der Waals surface area (Å²) in [6, 6.07) is 9.55. The van der Waals surface area contributed by atoms with Crippen LogP contribution in [0, 0.1) is 5.82 Å². The maximum atomic E-state index is 12.8. The highest BCUT2D eigenvalue weighted by Gasteiger charge is 2.19. The second-order valence-electron chi connectivity index (χ2n) is 4.54. The van der Waals surface area contributed by atoms with E-state index in [0.29, 0.717) is 5.75 Å². The first kappa shape index (κ1) is 15.3. The van der Waals surface area contributed by atoms with Gasteiger partial charge in [0, 0.05) is 20.2 Å². The van der Waals surface area contributed by atoms with Crippen molar-refractivity contribution in [2.24, 2.45) is 0 Å². The quantitative estimate of drug-likeness (QED) is 0.880. The standard InChI is InChI=1S/C14H15FN2O3S/c1-17(2)21(18,19)12-7-8-13(16)14(9-12)20-11-5-3-10(15)4-6-11/h3-9H,16H2,1-2H3. The summed E-state index contributed by atoms with van der Waals surface area (Å²) in [6.07, 6.45) is 0. The number of sulfonamides is 1. The average Bonchev–Trinajstić information content (AvgIpc) is 2.43. The van der Waals surface area contributed by atoms with Crippen LogP contribution in [0.15, 0.2) is 47.4 Å². The highest BCUT2D eigenvalue weighted by molar-refractivity contribution is 7.89. The third kappa shape index (κ3) is 3.32. The maximum absolute atomic E-state index is 12.8. The van der Waals surface area contributed by atoms with Gasteiger partial charge in [-0.3, -0.25) is 0 Å². The number of nitrogen functional groups attached to an aromatic ring is 1. The summed E-state index contributed by atoms with van der Waals surface area (Å²) in [5, 5.41) is 0. The van der Waals surface area contributed by atoms with Crippen LogP contribution in [0.3, 0.4) is 0 Å². The van der Waals surface area contributed by atoms with Gasteiger partial charge < -0.3 is 10.5 Å². The Hall–Kier alpha value is -2.12. The molecule has 0 aliphatic rings. The third-order valence-electron chi connectivity index (χ3n) is 2.81. The number of halogens is 1. The van der Waals surface area contributed by atoms with Gasteiger partial charge in [-0.15, -0.1) is 0 Å². The van der Waals surface area contributed by atoms with Gasteiger partial charge in [-0.1, -0.05) is 0 Å². The van der Waals surface area contributed by atoms with Crippen molar-refractivity contribution < 1.29 is 17.5 Å². The number of rotatable bonds is 4. The molecule has 0 unspecified atom stereocenters. The SMILES string of the molecule is CN(C)S(=O)(=O)c1ccc(N)c(Oc2ccc(F)cc2)c1. The summed E-state index contributed by atoms with van der Waals surface area (Å²) in [5.74, 6) is 0.172. The molecule has 0 saturated carbocycles. The summed E-state index contributed by atoms with van der Waals surface area (Å²) in [6.45, 7) is 0. The lowest BCUT2D eigenvalue weighted by Crippen LogP contribution is -2.22. The predicted octanol–water partition coefficient (Wildman–Crippen LogP) is 2.45.